The van der Waals surface area contributed by atoms with Crippen molar-refractivity contribution in [2.45, 2.75) is 50.4 Å². The summed E-state index contributed by atoms with van der Waals surface area (Å²) < 4.78 is 52.4. The maximum atomic E-state index is 14.2. The molecule has 0 spiro atoms. The minimum atomic E-state index is -4.61. The monoisotopic (exact) mass is 526 g/mol. The van der Waals surface area contributed by atoms with E-state index < -0.39 is 17.4 Å². The molecule has 1 saturated carbocycles. The summed E-state index contributed by atoms with van der Waals surface area (Å²) in [5.74, 6) is 0. The summed E-state index contributed by atoms with van der Waals surface area (Å²) in [5.41, 5.74) is 0.0591. The Morgan fingerprint density at radius 2 is 2.03 bits per heavy atom. The molecule has 1 atom stereocenters. The van der Waals surface area contributed by atoms with Crippen molar-refractivity contribution in [3.8, 4) is 5.69 Å². The second-order valence-electron chi connectivity index (χ2n) is 10.5. The molecule has 0 unspecified atom stereocenters. The molecule has 4 heterocycles. The first-order valence-corrected chi connectivity index (χ1v) is 12.8. The molecule has 1 saturated heterocycles. The summed E-state index contributed by atoms with van der Waals surface area (Å²) in [5, 5.41) is 8.39. The number of halogens is 3. The van der Waals surface area contributed by atoms with Crippen LogP contribution in [0.2, 0.25) is 0 Å². The summed E-state index contributed by atoms with van der Waals surface area (Å²) in [6, 6.07) is 8.62. The van der Waals surface area contributed by atoms with Crippen molar-refractivity contribution < 1.29 is 22.5 Å². The van der Waals surface area contributed by atoms with Crippen molar-refractivity contribution in [2.75, 3.05) is 26.7 Å². The zero-order valence-corrected chi connectivity index (χ0v) is 21.3. The van der Waals surface area contributed by atoms with E-state index in [0.717, 1.165) is 41.5 Å². The third kappa shape index (κ3) is 4.17. The van der Waals surface area contributed by atoms with Crippen LogP contribution in [-0.2, 0) is 22.9 Å². The van der Waals surface area contributed by atoms with Gasteiger partial charge in [0.25, 0.3) is 0 Å². The van der Waals surface area contributed by atoms with E-state index in [9.17, 15) is 18.0 Å². The molecule has 0 bridgehead atoms. The number of imidazole rings is 1. The summed E-state index contributed by atoms with van der Waals surface area (Å²) >= 11 is 0. The number of pyridine rings is 1. The average Bonchev–Trinajstić information content (AvgIpc) is 3.41. The van der Waals surface area contributed by atoms with Gasteiger partial charge in [0.05, 0.1) is 47.1 Å². The van der Waals surface area contributed by atoms with E-state index in [0.29, 0.717) is 37.5 Å². The van der Waals surface area contributed by atoms with Gasteiger partial charge in [-0.15, -0.1) is 0 Å². The molecule has 2 fully saturated rings. The van der Waals surface area contributed by atoms with Crippen LogP contribution in [0.5, 0.6) is 0 Å². The number of fused-ring (bicyclic) bond motifs is 1. The third-order valence-electron chi connectivity index (χ3n) is 7.88. The van der Waals surface area contributed by atoms with E-state index in [1.54, 1.807) is 12.4 Å². The Hall–Kier alpha value is -3.31. The number of alkyl halides is 3. The van der Waals surface area contributed by atoms with Crippen LogP contribution in [0.15, 0.2) is 57.7 Å². The number of rotatable bonds is 5. The lowest BCUT2D eigenvalue weighted by Gasteiger charge is -2.42. The molecule has 3 aromatic rings. The molecular weight excluding hydrogens is 497 g/mol. The summed E-state index contributed by atoms with van der Waals surface area (Å²) in [6.45, 7) is 4.01. The van der Waals surface area contributed by atoms with Gasteiger partial charge in [-0.1, -0.05) is 18.6 Å². The number of morpholine rings is 1. The number of aromatic nitrogens is 2. The number of likely N-dealkylation sites (N-methyl/N-ethyl adjacent to an activating group) is 1. The molecule has 38 heavy (non-hydrogen) atoms. The van der Waals surface area contributed by atoms with E-state index in [1.165, 1.54) is 17.0 Å². The topological polar surface area (TPSA) is 66.6 Å². The van der Waals surface area contributed by atoms with Gasteiger partial charge in [-0.25, -0.2) is 9.37 Å². The van der Waals surface area contributed by atoms with Gasteiger partial charge in [-0.3, -0.25) is 13.9 Å². The highest BCUT2D eigenvalue weighted by Crippen LogP contribution is 2.52. The largest absolute Gasteiger partial charge is 0.418 e. The predicted octanol–water partition coefficient (Wildman–Crippen LogP) is 4.38. The lowest BCUT2D eigenvalue weighted by molar-refractivity contribution is -0.488. The van der Waals surface area contributed by atoms with Gasteiger partial charge >= 0.3 is 24.4 Å². The molecule has 2 aromatic heterocycles. The maximum Gasteiger partial charge on any atom is 0.418 e. The number of benzene rings is 1. The molecule has 8 nitrogen and oxygen atoms in total. The van der Waals surface area contributed by atoms with Crippen molar-refractivity contribution in [3.05, 3.63) is 76.1 Å². The zero-order chi connectivity index (χ0) is 26.7. The molecule has 199 valence electrons. The van der Waals surface area contributed by atoms with Crippen LogP contribution in [0, 0.1) is 6.17 Å². The number of hydrogen-bond acceptors (Lipinski definition) is 5. The molecule has 1 aliphatic carbocycles. The van der Waals surface area contributed by atoms with Gasteiger partial charge in [-0.05, 0) is 54.2 Å². The van der Waals surface area contributed by atoms with Gasteiger partial charge < -0.3 is 4.74 Å². The summed E-state index contributed by atoms with van der Waals surface area (Å²) in [7, 11) is 1.90. The molecule has 1 aromatic carbocycles. The molecule has 6 rings (SSSR count). The number of hydrogen-bond donors (Lipinski definition) is 0. The zero-order valence-electron chi connectivity index (χ0n) is 21.3. The highest BCUT2D eigenvalue weighted by atomic mass is 19.4. The van der Waals surface area contributed by atoms with Gasteiger partial charge in [0.1, 0.15) is 0 Å². The van der Waals surface area contributed by atoms with Crippen LogP contribution < -0.4 is 5.69 Å². The van der Waals surface area contributed by atoms with Crippen LogP contribution in [0.1, 0.15) is 42.9 Å². The Morgan fingerprint density at radius 3 is 2.68 bits per heavy atom. The molecule has 3 aliphatic rings. The fourth-order valence-corrected chi connectivity index (χ4v) is 5.88. The number of nitrogens with zero attached hydrogens (tertiary/aromatic N) is 6. The molecule has 11 heteroatoms. The predicted molar refractivity (Wildman–Crippen MR) is 135 cm³/mol. The van der Waals surface area contributed by atoms with E-state index in [-0.39, 0.29) is 17.0 Å². The molecule has 0 amide bonds. The van der Waals surface area contributed by atoms with Crippen LogP contribution in [0.4, 0.5) is 13.2 Å². The highest BCUT2D eigenvalue weighted by Gasteiger charge is 2.53. The fourth-order valence-electron chi connectivity index (χ4n) is 5.88. The fraction of sp³-hybridized carbons (Fsp3) is 0.444. The van der Waals surface area contributed by atoms with Crippen molar-refractivity contribution in [3.63, 3.8) is 0 Å². The minimum Gasteiger partial charge on any atom is -0.376 e. The van der Waals surface area contributed by atoms with E-state index in [4.69, 9.17) is 4.74 Å². The van der Waals surface area contributed by atoms with Gasteiger partial charge in [0.15, 0.2) is 0 Å². The summed E-state index contributed by atoms with van der Waals surface area (Å²) in [4.78, 5) is 15.6. The van der Waals surface area contributed by atoms with Crippen LogP contribution in [0.3, 0.4) is 0 Å². The standard InChI is InChI=1S/C27H29F3N6O2/c1-18-13-34(9-10-38-18)14-19-11-22(27(28,29)30)23-16-35(25(37)36(23)15-19)21-6-3-5-20(12-21)26(7-4-8-26)24-32-31-17-33(24)2/h3,5-6,11-12,15-18H,4,7-10,13-14H2,1-2H3/q+1/t18-/m1/s1. The molecule has 2 aliphatic heterocycles. The SMILES string of the molecule is C[C@@H]1CN(Cc2cc(C(F)(F)F)c3cn(-c4cccc(C5([C]6N=NC=[N+]6C)CCC5)c4)c(=O)n3c2)CCO1. The quantitative estimate of drug-likeness (QED) is 0.464. The van der Waals surface area contributed by atoms with Crippen LogP contribution in [0.25, 0.3) is 11.2 Å². The number of ether oxygens (including phenoxy) is 1. The van der Waals surface area contributed by atoms with Crippen LogP contribution in [-0.4, -0.2) is 57.6 Å². The smallest absolute Gasteiger partial charge is 0.376 e. The number of azo groups is 1. The Bertz CT molecular complexity index is 1500. The van der Waals surface area contributed by atoms with Gasteiger partial charge in [-0.2, -0.15) is 13.2 Å². The second kappa shape index (κ2) is 9.16. The summed E-state index contributed by atoms with van der Waals surface area (Å²) in [6.07, 6.45) is 3.53. The Labute approximate surface area is 217 Å². The van der Waals surface area contributed by atoms with E-state index in [1.807, 2.05) is 41.6 Å². The molecule has 0 N–H and O–H groups in total. The van der Waals surface area contributed by atoms with Crippen molar-refractivity contribution in [2.24, 2.45) is 10.2 Å². The normalized spacial score (nSPS) is 22.1. The Kier molecular flexibility index (Phi) is 6.03. The minimum absolute atomic E-state index is 0.00570. The van der Waals surface area contributed by atoms with Gasteiger partial charge in [0, 0.05) is 32.0 Å². The molecule has 1 radical (unpaired) electrons. The second-order valence-corrected chi connectivity index (χ2v) is 10.5. The van der Waals surface area contributed by atoms with Crippen molar-refractivity contribution >= 4 is 11.9 Å². The van der Waals surface area contributed by atoms with Crippen molar-refractivity contribution in [1.82, 2.24) is 13.9 Å². The maximum absolute atomic E-state index is 14.2. The third-order valence-corrected chi connectivity index (χ3v) is 7.88. The highest BCUT2D eigenvalue weighted by molar-refractivity contribution is 5.58. The first-order valence-electron chi connectivity index (χ1n) is 12.8. The lowest BCUT2D eigenvalue weighted by Crippen LogP contribution is -2.43. The molecular formula is C27H29F3N6O2+. The van der Waals surface area contributed by atoms with E-state index in [2.05, 4.69) is 10.2 Å². The lowest BCUT2D eigenvalue weighted by atomic mass is 9.62. The first kappa shape index (κ1) is 25.0. The van der Waals surface area contributed by atoms with Crippen LogP contribution >= 0.6 is 0 Å². The van der Waals surface area contributed by atoms with E-state index >= 15 is 0 Å². The Balaban J connectivity index is 1.42. The van der Waals surface area contributed by atoms with Crippen molar-refractivity contribution in [1.29, 1.82) is 0 Å². The van der Waals surface area contributed by atoms with Gasteiger partial charge in [0.2, 0.25) is 0 Å². The Morgan fingerprint density at radius 1 is 1.21 bits per heavy atom. The average molecular weight is 527 g/mol. The first-order chi connectivity index (χ1) is 18.2.